The molecule has 126 valence electrons. The number of guanidine groups is 1. The summed E-state index contributed by atoms with van der Waals surface area (Å²) in [4.78, 5) is 4.11. The molecule has 0 bridgehead atoms. The molecule has 0 radical (unpaired) electrons. The molecule has 0 atom stereocenters. The van der Waals surface area contributed by atoms with Gasteiger partial charge in [-0.1, -0.05) is 0 Å². The molecule has 1 aromatic rings. The fourth-order valence-corrected chi connectivity index (χ4v) is 3.74. The van der Waals surface area contributed by atoms with E-state index in [2.05, 4.69) is 20.7 Å². The van der Waals surface area contributed by atoms with Gasteiger partial charge in [-0.3, -0.25) is 9.67 Å². The van der Waals surface area contributed by atoms with Crippen LogP contribution < -0.4 is 10.6 Å². The minimum atomic E-state index is -3.02. The fraction of sp³-hybridized carbons (Fsp3) is 0.667. The Bertz CT molecular complexity index is 601. The molecule has 10 heteroatoms. The van der Waals surface area contributed by atoms with E-state index in [1.807, 2.05) is 13.1 Å². The number of aromatic nitrogens is 2. The molecule has 1 aromatic heterocycles. The van der Waals surface area contributed by atoms with Crippen LogP contribution in [0.2, 0.25) is 0 Å². The van der Waals surface area contributed by atoms with Crippen LogP contribution in [-0.2, 0) is 23.6 Å². The van der Waals surface area contributed by atoms with Crippen LogP contribution in [0, 0.1) is 0 Å². The van der Waals surface area contributed by atoms with Crippen LogP contribution in [0.15, 0.2) is 17.3 Å². The predicted octanol–water partition coefficient (Wildman–Crippen LogP) is -0.261. The zero-order valence-corrected chi connectivity index (χ0v) is 16.0. The fourth-order valence-electron chi connectivity index (χ4n) is 2.21. The SMILES string of the molecule is CN=C(NCCN1CCCS1(=O)=O)NCc1ccnn1C.I. The van der Waals surface area contributed by atoms with Crippen molar-refractivity contribution in [2.45, 2.75) is 13.0 Å². The zero-order valence-electron chi connectivity index (χ0n) is 12.8. The minimum Gasteiger partial charge on any atom is -0.355 e. The molecule has 1 aliphatic heterocycles. The number of nitrogens with one attached hydrogen (secondary N) is 2. The normalized spacial score (nSPS) is 18.0. The Hall–Kier alpha value is -0.880. The Morgan fingerprint density at radius 2 is 2.23 bits per heavy atom. The number of sulfonamides is 1. The number of aliphatic imine (C=N–C) groups is 1. The predicted molar refractivity (Wildman–Crippen MR) is 96.8 cm³/mol. The second-order valence-corrected chi connectivity index (χ2v) is 6.96. The van der Waals surface area contributed by atoms with E-state index in [0.717, 1.165) is 12.1 Å². The summed E-state index contributed by atoms with van der Waals surface area (Å²) in [5.74, 6) is 0.910. The monoisotopic (exact) mass is 442 g/mol. The first-order valence-corrected chi connectivity index (χ1v) is 8.53. The van der Waals surface area contributed by atoms with Gasteiger partial charge in [0.2, 0.25) is 10.0 Å². The first-order valence-electron chi connectivity index (χ1n) is 6.92. The van der Waals surface area contributed by atoms with Gasteiger partial charge in [0, 0.05) is 39.9 Å². The van der Waals surface area contributed by atoms with Gasteiger partial charge in [0.1, 0.15) is 0 Å². The van der Waals surface area contributed by atoms with Crippen LogP contribution in [0.3, 0.4) is 0 Å². The first kappa shape index (κ1) is 19.2. The number of rotatable bonds is 5. The van der Waals surface area contributed by atoms with Crippen molar-refractivity contribution in [1.29, 1.82) is 0 Å². The summed E-state index contributed by atoms with van der Waals surface area (Å²) in [5, 5.41) is 10.4. The van der Waals surface area contributed by atoms with E-state index in [4.69, 9.17) is 0 Å². The average molecular weight is 442 g/mol. The molecule has 0 unspecified atom stereocenters. The van der Waals surface area contributed by atoms with E-state index in [1.54, 1.807) is 17.9 Å². The van der Waals surface area contributed by atoms with Gasteiger partial charge >= 0.3 is 0 Å². The lowest BCUT2D eigenvalue weighted by Gasteiger charge is -2.16. The van der Waals surface area contributed by atoms with Crippen molar-refractivity contribution in [2.24, 2.45) is 12.0 Å². The first-order chi connectivity index (χ1) is 10.0. The van der Waals surface area contributed by atoms with Gasteiger partial charge < -0.3 is 10.6 Å². The van der Waals surface area contributed by atoms with Crippen LogP contribution in [0.25, 0.3) is 0 Å². The lowest BCUT2D eigenvalue weighted by atomic mass is 10.4. The van der Waals surface area contributed by atoms with E-state index in [0.29, 0.717) is 32.1 Å². The lowest BCUT2D eigenvalue weighted by Crippen LogP contribution is -2.41. The lowest BCUT2D eigenvalue weighted by molar-refractivity contribution is 0.445. The number of hydrogen-bond acceptors (Lipinski definition) is 4. The largest absolute Gasteiger partial charge is 0.355 e. The number of nitrogens with zero attached hydrogens (tertiary/aromatic N) is 4. The van der Waals surface area contributed by atoms with Crippen molar-refractivity contribution in [3.63, 3.8) is 0 Å². The summed E-state index contributed by atoms with van der Waals surface area (Å²) in [6.07, 6.45) is 2.46. The van der Waals surface area contributed by atoms with Gasteiger partial charge in [-0.25, -0.2) is 12.7 Å². The highest BCUT2D eigenvalue weighted by molar-refractivity contribution is 14.0. The zero-order chi connectivity index (χ0) is 15.3. The summed E-state index contributed by atoms with van der Waals surface area (Å²) >= 11 is 0. The molecule has 0 spiro atoms. The third-order valence-corrected chi connectivity index (χ3v) is 5.40. The van der Waals surface area contributed by atoms with Gasteiger partial charge in [0.25, 0.3) is 0 Å². The Morgan fingerprint density at radius 3 is 2.77 bits per heavy atom. The molecule has 2 heterocycles. The molecule has 0 aliphatic carbocycles. The van der Waals surface area contributed by atoms with Crippen molar-refractivity contribution in [2.75, 3.05) is 32.4 Å². The summed E-state index contributed by atoms with van der Waals surface area (Å²) in [5.41, 5.74) is 1.04. The topological polar surface area (TPSA) is 91.6 Å². The number of hydrogen-bond donors (Lipinski definition) is 2. The Balaban J connectivity index is 0.00000242. The molecule has 2 N–H and O–H groups in total. The molecule has 1 aliphatic rings. The molecule has 1 saturated heterocycles. The van der Waals surface area contributed by atoms with Gasteiger partial charge in [0.15, 0.2) is 5.96 Å². The highest BCUT2D eigenvalue weighted by atomic mass is 127. The molecule has 1 fully saturated rings. The van der Waals surface area contributed by atoms with Crippen molar-refractivity contribution in [1.82, 2.24) is 24.7 Å². The van der Waals surface area contributed by atoms with Gasteiger partial charge in [-0.2, -0.15) is 5.10 Å². The number of aryl methyl sites for hydroxylation is 1. The smallest absolute Gasteiger partial charge is 0.214 e. The highest BCUT2D eigenvalue weighted by Gasteiger charge is 2.27. The second kappa shape index (κ2) is 8.67. The summed E-state index contributed by atoms with van der Waals surface area (Å²) < 4.78 is 26.6. The quantitative estimate of drug-likeness (QED) is 0.373. The molecular formula is C12H23IN6O2S. The third kappa shape index (κ3) is 5.09. The van der Waals surface area contributed by atoms with E-state index in [-0.39, 0.29) is 29.7 Å². The maximum atomic E-state index is 11.7. The van der Waals surface area contributed by atoms with Gasteiger partial charge in [-0.05, 0) is 12.5 Å². The highest BCUT2D eigenvalue weighted by Crippen LogP contribution is 2.11. The van der Waals surface area contributed by atoms with Crippen LogP contribution in [-0.4, -0.2) is 60.9 Å². The maximum absolute atomic E-state index is 11.7. The molecule has 0 aromatic carbocycles. The molecule has 8 nitrogen and oxygen atoms in total. The van der Waals surface area contributed by atoms with E-state index >= 15 is 0 Å². The average Bonchev–Trinajstić information content (AvgIpc) is 3.00. The van der Waals surface area contributed by atoms with E-state index in [9.17, 15) is 8.42 Å². The summed E-state index contributed by atoms with van der Waals surface area (Å²) in [7, 11) is 0.542. The van der Waals surface area contributed by atoms with Crippen LogP contribution in [0.4, 0.5) is 0 Å². The summed E-state index contributed by atoms with van der Waals surface area (Å²) in [6, 6.07) is 1.93. The third-order valence-electron chi connectivity index (χ3n) is 3.44. The van der Waals surface area contributed by atoms with Crippen molar-refractivity contribution in [3.05, 3.63) is 18.0 Å². The molecule has 22 heavy (non-hydrogen) atoms. The Morgan fingerprint density at radius 1 is 1.45 bits per heavy atom. The molecular weight excluding hydrogens is 419 g/mol. The standard InChI is InChI=1S/C12H22N6O2S.HI/c1-13-12(15-10-11-4-5-16-17(11)2)14-6-8-18-7-3-9-21(18,19)20;/h4-5H,3,6-10H2,1-2H3,(H2,13,14,15);1H. The Kier molecular flexibility index (Phi) is 7.56. The molecule has 0 saturated carbocycles. The van der Waals surface area contributed by atoms with Crippen LogP contribution in [0.1, 0.15) is 12.1 Å². The Labute approximate surface area is 148 Å². The van der Waals surface area contributed by atoms with Gasteiger partial charge in [-0.15, -0.1) is 24.0 Å². The van der Waals surface area contributed by atoms with Crippen molar-refractivity contribution >= 4 is 40.0 Å². The van der Waals surface area contributed by atoms with E-state index < -0.39 is 10.0 Å². The van der Waals surface area contributed by atoms with Crippen LogP contribution in [0.5, 0.6) is 0 Å². The molecule has 0 amide bonds. The van der Waals surface area contributed by atoms with Crippen molar-refractivity contribution < 1.29 is 8.42 Å². The van der Waals surface area contributed by atoms with E-state index in [1.165, 1.54) is 4.31 Å². The summed E-state index contributed by atoms with van der Waals surface area (Å²) in [6.45, 7) is 2.22. The molecule has 2 rings (SSSR count). The van der Waals surface area contributed by atoms with Gasteiger partial charge in [0.05, 0.1) is 18.0 Å². The van der Waals surface area contributed by atoms with Crippen molar-refractivity contribution in [3.8, 4) is 0 Å². The number of halogens is 1. The van der Waals surface area contributed by atoms with Crippen LogP contribution >= 0.6 is 24.0 Å². The maximum Gasteiger partial charge on any atom is 0.214 e. The minimum absolute atomic E-state index is 0. The second-order valence-electron chi connectivity index (χ2n) is 4.87.